The van der Waals surface area contributed by atoms with Crippen LogP contribution in [0.25, 0.3) is 0 Å². The quantitative estimate of drug-likeness (QED) is 0.611. The van der Waals surface area contributed by atoms with Crippen molar-refractivity contribution in [2.24, 2.45) is 0 Å². The summed E-state index contributed by atoms with van der Waals surface area (Å²) in [4.78, 5) is 24.6. The van der Waals surface area contributed by atoms with Crippen molar-refractivity contribution in [2.75, 3.05) is 18.4 Å². The van der Waals surface area contributed by atoms with Crippen molar-refractivity contribution in [1.29, 1.82) is 0 Å². The molecule has 2 aromatic carbocycles. The van der Waals surface area contributed by atoms with Crippen LogP contribution in [0.5, 0.6) is 0 Å². The highest BCUT2D eigenvalue weighted by atomic mass is 35.5. The van der Waals surface area contributed by atoms with Crippen LogP contribution in [0, 0.1) is 5.82 Å². The average Bonchev–Trinajstić information content (AvgIpc) is 2.70. The third kappa shape index (κ3) is 5.56. The first kappa shape index (κ1) is 23.8. The molecule has 1 atom stereocenters. The maximum absolute atomic E-state index is 13.1. The van der Waals surface area contributed by atoms with Gasteiger partial charge in [0.25, 0.3) is 5.91 Å². The van der Waals surface area contributed by atoms with E-state index in [-0.39, 0.29) is 34.3 Å². The van der Waals surface area contributed by atoms with Gasteiger partial charge in [0.15, 0.2) is 6.10 Å². The lowest BCUT2D eigenvalue weighted by atomic mass is 10.2. The molecule has 0 aliphatic heterocycles. The average molecular weight is 457 g/mol. The highest BCUT2D eigenvalue weighted by Crippen LogP contribution is 2.23. The third-order valence-corrected chi connectivity index (χ3v) is 6.61. The van der Waals surface area contributed by atoms with Gasteiger partial charge < -0.3 is 10.1 Å². The van der Waals surface area contributed by atoms with Crippen LogP contribution in [-0.4, -0.2) is 43.8 Å². The molecule has 1 N–H and O–H groups in total. The van der Waals surface area contributed by atoms with Crippen LogP contribution in [0.4, 0.5) is 10.1 Å². The maximum atomic E-state index is 13.1. The minimum atomic E-state index is -3.75. The largest absolute Gasteiger partial charge is 0.449 e. The first-order valence-electron chi connectivity index (χ1n) is 9.17. The zero-order valence-corrected chi connectivity index (χ0v) is 18.3. The Bertz CT molecular complexity index is 1040. The van der Waals surface area contributed by atoms with E-state index in [9.17, 15) is 22.4 Å². The molecule has 0 fully saturated rings. The minimum absolute atomic E-state index is 0.00353. The van der Waals surface area contributed by atoms with Crippen LogP contribution in [0.2, 0.25) is 5.02 Å². The number of hydrogen-bond donors (Lipinski definition) is 1. The fourth-order valence-corrected chi connectivity index (χ4v) is 4.32. The van der Waals surface area contributed by atoms with Crippen LogP contribution >= 0.6 is 11.6 Å². The molecular weight excluding hydrogens is 435 g/mol. The molecule has 0 saturated carbocycles. The summed E-state index contributed by atoms with van der Waals surface area (Å²) in [5.41, 5.74) is 0.154. The van der Waals surface area contributed by atoms with Crippen molar-refractivity contribution >= 4 is 39.2 Å². The smallest absolute Gasteiger partial charge is 0.338 e. The molecule has 0 saturated heterocycles. The van der Waals surface area contributed by atoms with Gasteiger partial charge in [-0.1, -0.05) is 31.5 Å². The number of carbonyl (C=O) groups is 2. The van der Waals surface area contributed by atoms with E-state index in [1.54, 1.807) is 13.8 Å². The van der Waals surface area contributed by atoms with E-state index >= 15 is 0 Å². The minimum Gasteiger partial charge on any atom is -0.449 e. The predicted molar refractivity (Wildman–Crippen MR) is 111 cm³/mol. The first-order valence-corrected chi connectivity index (χ1v) is 11.0. The summed E-state index contributed by atoms with van der Waals surface area (Å²) >= 11 is 5.87. The summed E-state index contributed by atoms with van der Waals surface area (Å²) in [6, 6.07) is 8.86. The number of esters is 1. The molecule has 30 heavy (non-hydrogen) atoms. The van der Waals surface area contributed by atoms with Crippen molar-refractivity contribution in [3.05, 3.63) is 58.9 Å². The maximum Gasteiger partial charge on any atom is 0.338 e. The standard InChI is InChI=1S/C20H22ClFN2O5S/c1-4-24(5-2)30(27,28)16-8-6-7-14(11-16)20(26)29-13(3)19(25)23-18-10-9-15(22)12-17(18)21/h6-13H,4-5H2,1-3H3,(H,23,25)/t13-/m0/s1. The Balaban J connectivity index is 2.13. The molecule has 2 rings (SSSR count). The van der Waals surface area contributed by atoms with E-state index in [2.05, 4.69) is 5.32 Å². The summed E-state index contributed by atoms with van der Waals surface area (Å²) in [5, 5.41) is 2.44. The van der Waals surface area contributed by atoms with Crippen molar-refractivity contribution < 1.29 is 27.1 Å². The van der Waals surface area contributed by atoms with Gasteiger partial charge in [-0.2, -0.15) is 4.31 Å². The van der Waals surface area contributed by atoms with Gasteiger partial charge in [-0.05, 0) is 43.3 Å². The summed E-state index contributed by atoms with van der Waals surface area (Å²) in [6.07, 6.45) is -1.21. The van der Waals surface area contributed by atoms with E-state index < -0.39 is 33.8 Å². The monoisotopic (exact) mass is 456 g/mol. The van der Waals surface area contributed by atoms with Crippen LogP contribution in [0.15, 0.2) is 47.4 Å². The molecule has 162 valence electrons. The number of benzene rings is 2. The Hall–Kier alpha value is -2.49. The van der Waals surface area contributed by atoms with E-state index in [1.807, 2.05) is 0 Å². The highest BCUT2D eigenvalue weighted by Gasteiger charge is 2.24. The Morgan fingerprint density at radius 2 is 1.83 bits per heavy atom. The fourth-order valence-electron chi connectivity index (χ4n) is 2.60. The molecule has 0 aliphatic rings. The number of halogens is 2. The molecule has 0 spiro atoms. The number of ether oxygens (including phenoxy) is 1. The second-order valence-electron chi connectivity index (χ2n) is 6.28. The van der Waals surface area contributed by atoms with Crippen molar-refractivity contribution in [3.63, 3.8) is 0 Å². The molecule has 10 heteroatoms. The van der Waals surface area contributed by atoms with Gasteiger partial charge >= 0.3 is 5.97 Å². The molecule has 0 bridgehead atoms. The van der Waals surface area contributed by atoms with Crippen LogP contribution in [0.1, 0.15) is 31.1 Å². The normalized spacial score (nSPS) is 12.5. The van der Waals surface area contributed by atoms with E-state index in [0.29, 0.717) is 0 Å². The number of amides is 1. The number of anilines is 1. The SMILES string of the molecule is CCN(CC)S(=O)(=O)c1cccc(C(=O)O[C@@H](C)C(=O)Nc2ccc(F)cc2Cl)c1. The van der Waals surface area contributed by atoms with Crippen molar-refractivity contribution in [1.82, 2.24) is 4.31 Å². The topological polar surface area (TPSA) is 92.8 Å². The Morgan fingerprint density at radius 1 is 1.17 bits per heavy atom. The Morgan fingerprint density at radius 3 is 2.43 bits per heavy atom. The predicted octanol–water partition coefficient (Wildman–Crippen LogP) is 3.69. The number of nitrogens with zero attached hydrogens (tertiary/aromatic N) is 1. The summed E-state index contributed by atoms with van der Waals surface area (Å²) in [7, 11) is -3.75. The number of hydrogen-bond acceptors (Lipinski definition) is 5. The van der Waals surface area contributed by atoms with Crippen molar-refractivity contribution in [3.8, 4) is 0 Å². The number of nitrogens with one attached hydrogen (secondary N) is 1. The van der Waals surface area contributed by atoms with E-state index in [0.717, 1.165) is 12.1 Å². The highest BCUT2D eigenvalue weighted by molar-refractivity contribution is 7.89. The lowest BCUT2D eigenvalue weighted by Gasteiger charge is -2.19. The van der Waals surface area contributed by atoms with Crippen LogP contribution < -0.4 is 5.32 Å². The zero-order valence-electron chi connectivity index (χ0n) is 16.7. The lowest BCUT2D eigenvalue weighted by Crippen LogP contribution is -2.31. The van der Waals surface area contributed by atoms with Gasteiger partial charge in [-0.3, -0.25) is 4.79 Å². The van der Waals surface area contributed by atoms with Crippen LogP contribution in [0.3, 0.4) is 0 Å². The summed E-state index contributed by atoms with van der Waals surface area (Å²) in [5.74, 6) is -2.10. The molecule has 0 unspecified atom stereocenters. The summed E-state index contributed by atoms with van der Waals surface area (Å²) < 4.78 is 44.8. The van der Waals surface area contributed by atoms with E-state index in [4.69, 9.17) is 16.3 Å². The van der Waals surface area contributed by atoms with Crippen LogP contribution in [-0.2, 0) is 19.6 Å². The van der Waals surface area contributed by atoms with Gasteiger partial charge in [0.2, 0.25) is 10.0 Å². The molecule has 0 radical (unpaired) electrons. The first-order chi connectivity index (χ1) is 14.1. The van der Waals surface area contributed by atoms with Gasteiger partial charge in [0.05, 0.1) is 21.2 Å². The van der Waals surface area contributed by atoms with E-state index in [1.165, 1.54) is 41.6 Å². The molecule has 7 nitrogen and oxygen atoms in total. The van der Waals surface area contributed by atoms with Crippen molar-refractivity contribution in [2.45, 2.75) is 31.8 Å². The molecule has 0 aromatic heterocycles. The molecule has 0 heterocycles. The van der Waals surface area contributed by atoms with Gasteiger partial charge in [-0.25, -0.2) is 17.6 Å². The second-order valence-corrected chi connectivity index (χ2v) is 8.62. The van der Waals surface area contributed by atoms with Gasteiger partial charge in [0.1, 0.15) is 5.82 Å². The molecule has 0 aliphatic carbocycles. The molecule has 1 amide bonds. The zero-order chi connectivity index (χ0) is 22.5. The molecular formula is C20H22ClFN2O5S. The fraction of sp³-hybridized carbons (Fsp3) is 0.300. The van der Waals surface area contributed by atoms with Gasteiger partial charge in [0, 0.05) is 13.1 Å². The number of carbonyl (C=O) groups excluding carboxylic acids is 2. The Kier molecular flexibility index (Phi) is 7.94. The number of sulfonamides is 1. The second kappa shape index (κ2) is 10.0. The molecule has 2 aromatic rings. The Labute approximate surface area is 179 Å². The van der Waals surface area contributed by atoms with Gasteiger partial charge in [-0.15, -0.1) is 0 Å². The number of rotatable bonds is 8. The lowest BCUT2D eigenvalue weighted by molar-refractivity contribution is -0.123. The summed E-state index contributed by atoms with van der Waals surface area (Å²) in [6.45, 7) is 5.36. The third-order valence-electron chi connectivity index (χ3n) is 4.25.